The number of hydrogen-bond acceptors (Lipinski definition) is 5. The van der Waals surface area contributed by atoms with Crippen molar-refractivity contribution in [1.29, 1.82) is 0 Å². The molecule has 0 spiro atoms. The number of carboxylic acids is 2. The van der Waals surface area contributed by atoms with E-state index < -0.39 is 30.1 Å². The molecular formula is C29H37F3N4O7. The molecule has 1 atom stereocenters. The fraction of sp³-hybridized carbons (Fsp3) is 0.414. The molecule has 0 aromatic heterocycles. The largest absolute Gasteiger partial charge is 0.490 e. The highest BCUT2D eigenvalue weighted by Gasteiger charge is 2.38. The Morgan fingerprint density at radius 3 is 1.86 bits per heavy atom. The lowest BCUT2D eigenvalue weighted by Crippen LogP contribution is -2.39. The molecule has 0 bridgehead atoms. The molecule has 0 aliphatic heterocycles. The Morgan fingerprint density at radius 1 is 0.767 bits per heavy atom. The van der Waals surface area contributed by atoms with Crippen molar-refractivity contribution >= 4 is 29.8 Å². The first-order valence-corrected chi connectivity index (χ1v) is 13.6. The molecular weight excluding hydrogens is 573 g/mol. The number of amides is 4. The summed E-state index contributed by atoms with van der Waals surface area (Å²) in [6.45, 7) is 2.91. The summed E-state index contributed by atoms with van der Waals surface area (Å²) in [4.78, 5) is 56.2. The molecule has 236 valence electrons. The number of alkyl halides is 3. The zero-order chi connectivity index (χ0) is 32.3. The average molecular weight is 611 g/mol. The Kier molecular flexibility index (Phi) is 16.5. The van der Waals surface area contributed by atoms with Gasteiger partial charge in [0.05, 0.1) is 19.0 Å². The lowest BCUT2D eigenvalue weighted by Gasteiger charge is -2.18. The minimum absolute atomic E-state index is 0.213. The van der Waals surface area contributed by atoms with E-state index in [0.29, 0.717) is 31.5 Å². The summed E-state index contributed by atoms with van der Waals surface area (Å²) in [6.07, 6.45) is -1.98. The fourth-order valence-electron chi connectivity index (χ4n) is 3.53. The molecule has 0 aliphatic rings. The van der Waals surface area contributed by atoms with Crippen LogP contribution in [0.3, 0.4) is 0 Å². The first-order chi connectivity index (χ1) is 20.3. The van der Waals surface area contributed by atoms with Crippen LogP contribution >= 0.6 is 0 Å². The van der Waals surface area contributed by atoms with Gasteiger partial charge in [-0.3, -0.25) is 14.4 Å². The second kappa shape index (κ2) is 19.5. The molecule has 2 aromatic rings. The van der Waals surface area contributed by atoms with Gasteiger partial charge in [-0.1, -0.05) is 67.9 Å². The van der Waals surface area contributed by atoms with Gasteiger partial charge >= 0.3 is 24.1 Å². The van der Waals surface area contributed by atoms with Crippen molar-refractivity contribution in [3.8, 4) is 11.1 Å². The average Bonchev–Trinajstić information content (AvgIpc) is 2.96. The van der Waals surface area contributed by atoms with Gasteiger partial charge in [-0.05, 0) is 36.0 Å². The van der Waals surface area contributed by atoms with Crippen molar-refractivity contribution < 1.29 is 47.4 Å². The Bertz CT molecular complexity index is 1180. The lowest BCUT2D eigenvalue weighted by atomic mass is 9.99. The fourth-order valence-corrected chi connectivity index (χ4v) is 3.53. The first-order valence-electron chi connectivity index (χ1n) is 13.6. The van der Waals surface area contributed by atoms with Crippen molar-refractivity contribution in [1.82, 2.24) is 21.3 Å². The van der Waals surface area contributed by atoms with Crippen molar-refractivity contribution in [3.63, 3.8) is 0 Å². The molecule has 0 radical (unpaired) electrons. The van der Waals surface area contributed by atoms with E-state index in [1.54, 1.807) is 12.1 Å². The van der Waals surface area contributed by atoms with Gasteiger partial charge in [0.15, 0.2) is 0 Å². The molecule has 2 rings (SSSR count). The Labute approximate surface area is 247 Å². The van der Waals surface area contributed by atoms with Crippen molar-refractivity contribution in [2.24, 2.45) is 0 Å². The van der Waals surface area contributed by atoms with Gasteiger partial charge in [0, 0.05) is 19.5 Å². The van der Waals surface area contributed by atoms with Crippen LogP contribution in [0.4, 0.5) is 18.0 Å². The van der Waals surface area contributed by atoms with E-state index in [-0.39, 0.29) is 31.3 Å². The number of aliphatic carboxylic acids is 2. The van der Waals surface area contributed by atoms with E-state index in [4.69, 9.17) is 9.90 Å². The van der Waals surface area contributed by atoms with Crippen LogP contribution in [0.5, 0.6) is 0 Å². The van der Waals surface area contributed by atoms with Crippen LogP contribution in [0.25, 0.3) is 11.1 Å². The van der Waals surface area contributed by atoms with Crippen molar-refractivity contribution in [2.45, 2.75) is 57.7 Å². The monoisotopic (exact) mass is 610 g/mol. The van der Waals surface area contributed by atoms with E-state index in [1.807, 2.05) is 49.4 Å². The molecule has 43 heavy (non-hydrogen) atoms. The summed E-state index contributed by atoms with van der Waals surface area (Å²) in [7, 11) is 0. The second-order valence-electron chi connectivity index (χ2n) is 9.28. The highest BCUT2D eigenvalue weighted by molar-refractivity contribution is 5.85. The van der Waals surface area contributed by atoms with Gasteiger partial charge in [-0.15, -0.1) is 0 Å². The second-order valence-corrected chi connectivity index (χ2v) is 9.28. The van der Waals surface area contributed by atoms with Crippen LogP contribution in [0, 0.1) is 0 Å². The maximum atomic E-state index is 12.4. The third-order valence-corrected chi connectivity index (χ3v) is 5.75. The molecule has 0 fully saturated rings. The van der Waals surface area contributed by atoms with Gasteiger partial charge in [0.25, 0.3) is 0 Å². The van der Waals surface area contributed by atoms with Crippen LogP contribution in [-0.4, -0.2) is 65.8 Å². The third kappa shape index (κ3) is 16.4. The highest BCUT2D eigenvalue weighted by Crippen LogP contribution is 2.23. The van der Waals surface area contributed by atoms with E-state index in [0.717, 1.165) is 24.0 Å². The number of carboxylic acid groups (broad SMARTS) is 2. The molecule has 1 unspecified atom stereocenters. The molecule has 0 saturated carbocycles. The third-order valence-electron chi connectivity index (χ3n) is 5.75. The van der Waals surface area contributed by atoms with Gasteiger partial charge in [-0.2, -0.15) is 13.2 Å². The smallest absolute Gasteiger partial charge is 0.481 e. The van der Waals surface area contributed by atoms with Crippen LogP contribution in [0.15, 0.2) is 54.6 Å². The lowest BCUT2D eigenvalue weighted by molar-refractivity contribution is -0.192. The van der Waals surface area contributed by atoms with Crippen molar-refractivity contribution in [3.05, 3.63) is 60.2 Å². The molecule has 2 aromatic carbocycles. The normalized spacial score (nSPS) is 11.3. The summed E-state index contributed by atoms with van der Waals surface area (Å²) >= 11 is 0. The zero-order valence-corrected chi connectivity index (χ0v) is 23.7. The zero-order valence-electron chi connectivity index (χ0n) is 23.7. The Balaban J connectivity index is 0.00000117. The number of carbonyl (C=O) groups excluding carboxylic acids is 3. The molecule has 4 amide bonds. The number of rotatable bonds is 15. The molecule has 0 heterocycles. The van der Waals surface area contributed by atoms with Gasteiger partial charge in [0.2, 0.25) is 11.8 Å². The van der Waals surface area contributed by atoms with Gasteiger partial charge in [-0.25, -0.2) is 9.59 Å². The predicted molar refractivity (Wildman–Crippen MR) is 152 cm³/mol. The van der Waals surface area contributed by atoms with E-state index in [2.05, 4.69) is 21.3 Å². The van der Waals surface area contributed by atoms with Gasteiger partial charge in [0.1, 0.15) is 0 Å². The summed E-state index contributed by atoms with van der Waals surface area (Å²) in [5, 5.41) is 27.2. The van der Waals surface area contributed by atoms with E-state index in [1.165, 1.54) is 0 Å². The molecule has 0 saturated heterocycles. The minimum atomic E-state index is -5.08. The number of hydrogen-bond donors (Lipinski definition) is 6. The summed E-state index contributed by atoms with van der Waals surface area (Å²) in [5.41, 5.74) is 2.69. The molecule has 14 heteroatoms. The quantitative estimate of drug-likeness (QED) is 0.165. The highest BCUT2D eigenvalue weighted by atomic mass is 19.4. The van der Waals surface area contributed by atoms with E-state index >= 15 is 0 Å². The van der Waals surface area contributed by atoms with Gasteiger partial charge < -0.3 is 31.5 Å². The number of halogens is 3. The van der Waals surface area contributed by atoms with Crippen LogP contribution in [0.1, 0.15) is 57.1 Å². The topological polar surface area (TPSA) is 174 Å². The van der Waals surface area contributed by atoms with Crippen LogP contribution < -0.4 is 21.3 Å². The number of benzene rings is 2. The number of unbranched alkanes of at least 4 members (excludes halogenated alkanes) is 2. The number of nitrogens with one attached hydrogen (secondary N) is 4. The van der Waals surface area contributed by atoms with Crippen molar-refractivity contribution in [2.75, 3.05) is 19.6 Å². The summed E-state index contributed by atoms with van der Waals surface area (Å²) in [6, 6.07) is 16.2. The summed E-state index contributed by atoms with van der Waals surface area (Å²) < 4.78 is 31.7. The Hall–Kier alpha value is -4.62. The number of urea groups is 1. The SMILES string of the molecule is CCCCNC(=O)NCCCCC(=O)NCC(=O)NC(CC(=O)O)c1ccc(-c2ccccc2)cc1.O=C(O)C(F)(F)F. The maximum absolute atomic E-state index is 12.4. The van der Waals surface area contributed by atoms with E-state index in [9.17, 15) is 37.5 Å². The Morgan fingerprint density at radius 2 is 1.33 bits per heavy atom. The van der Waals surface area contributed by atoms with Crippen LogP contribution in [0.2, 0.25) is 0 Å². The van der Waals surface area contributed by atoms with Crippen LogP contribution in [-0.2, 0) is 19.2 Å². The predicted octanol–water partition coefficient (Wildman–Crippen LogP) is 4.00. The molecule has 0 aliphatic carbocycles. The molecule has 11 nitrogen and oxygen atoms in total. The molecule has 6 N–H and O–H groups in total. The maximum Gasteiger partial charge on any atom is 0.490 e. The minimum Gasteiger partial charge on any atom is -0.481 e. The standard InChI is InChI=1S/C27H36N4O5.C2HF3O2/c1-2-3-16-28-27(36)29-17-8-7-11-24(32)30-19-25(33)31-23(18-26(34)35)22-14-12-21(13-15-22)20-9-5-4-6-10-20;3-2(4,5)1(6)7/h4-6,9-10,12-15,23H,2-3,7-8,11,16-19H2,1H3,(H,30,32)(H,31,33)(H,34,35)(H2,28,29,36);(H,6,7). The summed E-state index contributed by atoms with van der Waals surface area (Å²) in [5.74, 6) is -4.54. The first kappa shape index (κ1) is 36.4. The number of carbonyl (C=O) groups is 5.